The Labute approximate surface area is 165 Å². The molecule has 1 aliphatic rings. The summed E-state index contributed by atoms with van der Waals surface area (Å²) in [5.41, 5.74) is -1.20. The molecule has 1 N–H and O–H groups in total. The third-order valence-electron chi connectivity index (χ3n) is 5.46. The Morgan fingerprint density at radius 3 is 2.04 bits per heavy atom. The van der Waals surface area contributed by atoms with Crippen molar-refractivity contribution in [1.29, 1.82) is 0 Å². The van der Waals surface area contributed by atoms with Crippen LogP contribution in [0.1, 0.15) is 32.8 Å². The number of benzene rings is 2. The van der Waals surface area contributed by atoms with Crippen LogP contribution in [0.4, 0.5) is 0 Å². The minimum Gasteiger partial charge on any atom is -0.327 e. The van der Waals surface area contributed by atoms with E-state index in [1.54, 1.807) is 25.1 Å². The molecular formula is C21H24N2O4S. The molecule has 0 radical (unpaired) electrons. The summed E-state index contributed by atoms with van der Waals surface area (Å²) in [6.45, 7) is 5.62. The molecule has 2 aromatic rings. The zero-order valence-corrected chi connectivity index (χ0v) is 17.0. The molecule has 3 rings (SSSR count). The molecule has 0 saturated carbocycles. The Hall–Kier alpha value is -2.67. The summed E-state index contributed by atoms with van der Waals surface area (Å²) in [6, 6.07) is 17.0. The molecule has 1 fully saturated rings. The van der Waals surface area contributed by atoms with Gasteiger partial charge in [0, 0.05) is 6.54 Å². The number of nitrogens with one attached hydrogen (secondary N) is 1. The molecule has 0 aliphatic carbocycles. The quantitative estimate of drug-likeness (QED) is 0.836. The van der Waals surface area contributed by atoms with Gasteiger partial charge in [0.15, 0.2) is 0 Å². The zero-order chi connectivity index (χ0) is 20.6. The Balaban J connectivity index is 1.81. The van der Waals surface area contributed by atoms with Crippen molar-refractivity contribution in [2.75, 3.05) is 6.54 Å². The Kier molecular flexibility index (Phi) is 5.06. The number of sulfonamides is 1. The van der Waals surface area contributed by atoms with Crippen LogP contribution in [0.15, 0.2) is 65.6 Å². The molecule has 2 aromatic carbocycles. The maximum Gasteiger partial charge on any atom is 0.264 e. The van der Waals surface area contributed by atoms with Crippen LogP contribution in [0, 0.1) is 0 Å². The van der Waals surface area contributed by atoms with E-state index in [0.29, 0.717) is 13.0 Å². The van der Waals surface area contributed by atoms with E-state index in [1.807, 2.05) is 44.2 Å². The second kappa shape index (κ2) is 7.05. The molecule has 1 heterocycles. The van der Waals surface area contributed by atoms with Crippen LogP contribution in [-0.4, -0.2) is 37.2 Å². The van der Waals surface area contributed by atoms with Crippen LogP contribution in [0.5, 0.6) is 0 Å². The molecule has 148 valence electrons. The van der Waals surface area contributed by atoms with Crippen molar-refractivity contribution in [3.63, 3.8) is 0 Å². The summed E-state index contributed by atoms with van der Waals surface area (Å²) < 4.78 is 27.1. The largest absolute Gasteiger partial charge is 0.327 e. The summed E-state index contributed by atoms with van der Waals surface area (Å²) in [7, 11) is -3.99. The lowest BCUT2D eigenvalue weighted by molar-refractivity contribution is -0.160. The molecule has 6 nitrogen and oxygen atoms in total. The molecule has 1 atom stereocenters. The van der Waals surface area contributed by atoms with Gasteiger partial charge in [-0.1, -0.05) is 48.5 Å². The number of amides is 2. The second-order valence-electron chi connectivity index (χ2n) is 7.72. The van der Waals surface area contributed by atoms with Gasteiger partial charge in [0.25, 0.3) is 15.9 Å². The normalized spacial score (nSPS) is 19.6. The monoisotopic (exact) mass is 400 g/mol. The SMILES string of the molecule is CC(C)(C(=O)N1CCC1(C)C(=O)NS(=O)(=O)c1ccccc1)c1ccccc1. The van der Waals surface area contributed by atoms with E-state index < -0.39 is 26.9 Å². The van der Waals surface area contributed by atoms with Gasteiger partial charge in [-0.05, 0) is 44.9 Å². The lowest BCUT2D eigenvalue weighted by atomic mass is 9.78. The summed E-state index contributed by atoms with van der Waals surface area (Å²) in [6.07, 6.45) is 0.403. The smallest absolute Gasteiger partial charge is 0.264 e. The molecule has 0 spiro atoms. The lowest BCUT2D eigenvalue weighted by Gasteiger charge is -2.51. The van der Waals surface area contributed by atoms with Gasteiger partial charge in [0.2, 0.25) is 5.91 Å². The zero-order valence-electron chi connectivity index (χ0n) is 16.2. The van der Waals surface area contributed by atoms with Gasteiger partial charge in [-0.2, -0.15) is 0 Å². The number of likely N-dealkylation sites (tertiary alicyclic amines) is 1. The molecule has 1 aliphatic heterocycles. The molecule has 1 saturated heterocycles. The molecular weight excluding hydrogens is 376 g/mol. The van der Waals surface area contributed by atoms with E-state index >= 15 is 0 Å². The van der Waals surface area contributed by atoms with Crippen molar-refractivity contribution >= 4 is 21.8 Å². The van der Waals surface area contributed by atoms with Crippen LogP contribution < -0.4 is 4.72 Å². The fourth-order valence-corrected chi connectivity index (χ4v) is 4.42. The Morgan fingerprint density at radius 1 is 1.00 bits per heavy atom. The van der Waals surface area contributed by atoms with Gasteiger partial charge < -0.3 is 4.90 Å². The topological polar surface area (TPSA) is 83.6 Å². The highest BCUT2D eigenvalue weighted by Gasteiger charge is 2.53. The standard InChI is InChI=1S/C21H24N2O4S/c1-20(2,16-10-6-4-7-11-16)19(25)23-15-14-21(23,3)18(24)22-28(26,27)17-12-8-5-9-13-17/h4-13H,14-15H2,1-3H3,(H,22,24). The minimum absolute atomic E-state index is 0.00812. The number of hydrogen-bond acceptors (Lipinski definition) is 4. The second-order valence-corrected chi connectivity index (χ2v) is 9.40. The fourth-order valence-electron chi connectivity index (χ4n) is 3.33. The number of rotatable bonds is 5. The first-order valence-corrected chi connectivity index (χ1v) is 10.6. The highest BCUT2D eigenvalue weighted by atomic mass is 32.2. The van der Waals surface area contributed by atoms with Gasteiger partial charge in [0.05, 0.1) is 10.3 Å². The van der Waals surface area contributed by atoms with Crippen LogP contribution in [-0.2, 0) is 25.0 Å². The van der Waals surface area contributed by atoms with Gasteiger partial charge >= 0.3 is 0 Å². The predicted octanol–water partition coefficient (Wildman–Crippen LogP) is 2.46. The number of hydrogen-bond donors (Lipinski definition) is 1. The van der Waals surface area contributed by atoms with Gasteiger partial charge in [-0.25, -0.2) is 13.1 Å². The van der Waals surface area contributed by atoms with Crippen LogP contribution in [0.2, 0.25) is 0 Å². The third-order valence-corrected chi connectivity index (χ3v) is 6.81. The number of carbonyl (C=O) groups excluding carboxylic acids is 2. The minimum atomic E-state index is -3.99. The van der Waals surface area contributed by atoms with E-state index in [1.165, 1.54) is 17.0 Å². The Morgan fingerprint density at radius 2 is 1.54 bits per heavy atom. The van der Waals surface area contributed by atoms with E-state index in [-0.39, 0.29) is 10.8 Å². The van der Waals surface area contributed by atoms with E-state index in [9.17, 15) is 18.0 Å². The molecule has 0 aromatic heterocycles. The number of nitrogens with zero attached hydrogens (tertiary/aromatic N) is 1. The van der Waals surface area contributed by atoms with E-state index in [2.05, 4.69) is 4.72 Å². The third kappa shape index (κ3) is 3.42. The molecule has 0 bridgehead atoms. The van der Waals surface area contributed by atoms with Crippen LogP contribution >= 0.6 is 0 Å². The Bertz CT molecular complexity index is 988. The van der Waals surface area contributed by atoms with Gasteiger partial charge in [-0.3, -0.25) is 9.59 Å². The average molecular weight is 401 g/mol. The molecule has 1 unspecified atom stereocenters. The van der Waals surface area contributed by atoms with Crippen molar-refractivity contribution in [2.45, 2.75) is 43.0 Å². The van der Waals surface area contributed by atoms with Crippen LogP contribution in [0.3, 0.4) is 0 Å². The molecule has 2 amide bonds. The van der Waals surface area contributed by atoms with E-state index in [0.717, 1.165) is 5.56 Å². The van der Waals surface area contributed by atoms with Crippen molar-refractivity contribution in [1.82, 2.24) is 9.62 Å². The highest BCUT2D eigenvalue weighted by molar-refractivity contribution is 7.90. The maximum atomic E-state index is 13.2. The summed E-state index contributed by atoms with van der Waals surface area (Å²) >= 11 is 0. The summed E-state index contributed by atoms with van der Waals surface area (Å²) in [4.78, 5) is 27.5. The van der Waals surface area contributed by atoms with Gasteiger partial charge in [-0.15, -0.1) is 0 Å². The van der Waals surface area contributed by atoms with Crippen molar-refractivity contribution < 1.29 is 18.0 Å². The van der Waals surface area contributed by atoms with Crippen molar-refractivity contribution in [3.8, 4) is 0 Å². The first-order valence-electron chi connectivity index (χ1n) is 9.09. The summed E-state index contributed by atoms with van der Waals surface area (Å²) in [5, 5.41) is 0. The molecule has 7 heteroatoms. The van der Waals surface area contributed by atoms with Gasteiger partial charge in [0.1, 0.15) is 5.54 Å². The number of carbonyl (C=O) groups is 2. The van der Waals surface area contributed by atoms with Crippen LogP contribution in [0.25, 0.3) is 0 Å². The van der Waals surface area contributed by atoms with Crippen molar-refractivity contribution in [3.05, 3.63) is 66.2 Å². The lowest BCUT2D eigenvalue weighted by Crippen LogP contribution is -2.69. The first-order chi connectivity index (χ1) is 13.1. The highest BCUT2D eigenvalue weighted by Crippen LogP contribution is 2.36. The first kappa shape index (κ1) is 20.1. The molecule has 28 heavy (non-hydrogen) atoms. The summed E-state index contributed by atoms with van der Waals surface area (Å²) in [5.74, 6) is -0.903. The predicted molar refractivity (Wildman–Crippen MR) is 106 cm³/mol. The maximum absolute atomic E-state index is 13.2. The fraction of sp³-hybridized carbons (Fsp3) is 0.333. The average Bonchev–Trinajstić information content (AvgIpc) is 2.67. The van der Waals surface area contributed by atoms with Crippen molar-refractivity contribution in [2.24, 2.45) is 0 Å². The van der Waals surface area contributed by atoms with E-state index in [4.69, 9.17) is 0 Å².